The first kappa shape index (κ1) is 16.7. The second kappa shape index (κ2) is 6.40. The predicted molar refractivity (Wildman–Crippen MR) is 73.8 cm³/mol. The number of hydrogen-bond donors (Lipinski definition) is 3. The zero-order chi connectivity index (χ0) is 15.5. The first-order valence-electron chi connectivity index (χ1n) is 5.50. The lowest BCUT2D eigenvalue weighted by Crippen LogP contribution is -2.37. The second-order valence-electron chi connectivity index (χ2n) is 4.01. The minimum absolute atomic E-state index is 0.112. The summed E-state index contributed by atoms with van der Waals surface area (Å²) >= 11 is 5.77. The molecule has 0 aliphatic carbocycles. The average molecular weight is 323 g/mol. The average Bonchev–Trinajstić information content (AvgIpc) is 2.39. The van der Waals surface area contributed by atoms with E-state index in [2.05, 4.69) is 9.46 Å². The summed E-state index contributed by atoms with van der Waals surface area (Å²) in [5.41, 5.74) is 6.20. The van der Waals surface area contributed by atoms with Crippen molar-refractivity contribution in [3.05, 3.63) is 22.7 Å². The Morgan fingerprint density at radius 1 is 1.55 bits per heavy atom. The van der Waals surface area contributed by atoms with Crippen LogP contribution in [0, 0.1) is 6.92 Å². The number of esters is 1. The van der Waals surface area contributed by atoms with E-state index in [1.807, 2.05) is 0 Å². The van der Waals surface area contributed by atoms with Gasteiger partial charge in [0.1, 0.15) is 0 Å². The fraction of sp³-hybridized carbons (Fsp3) is 0.364. The molecule has 0 aliphatic heterocycles. The minimum Gasteiger partial charge on any atom is -0.467 e. The summed E-state index contributed by atoms with van der Waals surface area (Å²) in [6, 6.07) is 2.67. The zero-order valence-corrected chi connectivity index (χ0v) is 12.5. The highest BCUT2D eigenvalue weighted by atomic mass is 35.5. The van der Waals surface area contributed by atoms with Crippen LogP contribution in [0.25, 0.3) is 0 Å². The molecule has 0 spiro atoms. The standard InChI is InChI=1S/C11H15ClN2O5S/c1-6-8(13)3-7(12)4-10(6)20(17,18)14-5-9(15)11(16)19-2/h3-4,9,14-15H,5,13H2,1-2H3. The summed E-state index contributed by atoms with van der Waals surface area (Å²) in [5, 5.41) is 9.52. The summed E-state index contributed by atoms with van der Waals surface area (Å²) in [6.07, 6.45) is -1.59. The maximum absolute atomic E-state index is 12.1. The highest BCUT2D eigenvalue weighted by Crippen LogP contribution is 2.25. The van der Waals surface area contributed by atoms with Gasteiger partial charge < -0.3 is 15.6 Å². The Morgan fingerprint density at radius 3 is 2.70 bits per heavy atom. The maximum Gasteiger partial charge on any atom is 0.336 e. The van der Waals surface area contributed by atoms with Crippen LogP contribution in [0.4, 0.5) is 5.69 Å². The third-order valence-corrected chi connectivity index (χ3v) is 4.36. The lowest BCUT2D eigenvalue weighted by Gasteiger charge is -2.13. The molecule has 20 heavy (non-hydrogen) atoms. The van der Waals surface area contributed by atoms with E-state index >= 15 is 0 Å². The number of nitrogen functional groups attached to an aromatic ring is 1. The molecule has 1 aromatic carbocycles. The molecule has 9 heteroatoms. The number of carbonyl (C=O) groups excluding carboxylic acids is 1. The van der Waals surface area contributed by atoms with Crippen molar-refractivity contribution in [2.75, 3.05) is 19.4 Å². The molecule has 1 rings (SSSR count). The normalized spacial score (nSPS) is 13.0. The van der Waals surface area contributed by atoms with E-state index < -0.39 is 28.6 Å². The van der Waals surface area contributed by atoms with Crippen LogP contribution in [0.2, 0.25) is 5.02 Å². The van der Waals surface area contributed by atoms with E-state index in [1.54, 1.807) is 0 Å². The lowest BCUT2D eigenvalue weighted by atomic mass is 10.2. The molecule has 0 fully saturated rings. The van der Waals surface area contributed by atoms with Crippen molar-refractivity contribution < 1.29 is 23.1 Å². The van der Waals surface area contributed by atoms with E-state index in [0.29, 0.717) is 5.56 Å². The van der Waals surface area contributed by atoms with Crippen molar-refractivity contribution in [1.29, 1.82) is 0 Å². The molecule has 1 aromatic rings. The number of methoxy groups -OCH3 is 1. The molecular formula is C11H15ClN2O5S. The molecule has 0 aliphatic rings. The minimum atomic E-state index is -3.95. The highest BCUT2D eigenvalue weighted by molar-refractivity contribution is 7.89. The first-order chi connectivity index (χ1) is 9.19. The van der Waals surface area contributed by atoms with Gasteiger partial charge in [-0.05, 0) is 24.6 Å². The number of aliphatic hydroxyl groups is 1. The summed E-state index contributed by atoms with van der Waals surface area (Å²) in [6.45, 7) is 1.01. The Balaban J connectivity index is 2.98. The van der Waals surface area contributed by atoms with Crippen LogP contribution in [0.1, 0.15) is 5.56 Å². The number of carbonyl (C=O) groups is 1. The second-order valence-corrected chi connectivity index (χ2v) is 6.18. The lowest BCUT2D eigenvalue weighted by molar-refractivity contribution is -0.149. The SMILES string of the molecule is COC(=O)C(O)CNS(=O)(=O)c1cc(Cl)cc(N)c1C. The van der Waals surface area contributed by atoms with Crippen molar-refractivity contribution in [3.63, 3.8) is 0 Å². The van der Waals surface area contributed by atoms with Crippen molar-refractivity contribution in [1.82, 2.24) is 4.72 Å². The number of aliphatic hydroxyl groups excluding tert-OH is 1. The van der Waals surface area contributed by atoms with Crippen molar-refractivity contribution >= 4 is 33.3 Å². The number of sulfonamides is 1. The monoisotopic (exact) mass is 322 g/mol. The number of benzene rings is 1. The maximum atomic E-state index is 12.1. The van der Waals surface area contributed by atoms with Crippen molar-refractivity contribution in [3.8, 4) is 0 Å². The van der Waals surface area contributed by atoms with E-state index in [4.69, 9.17) is 17.3 Å². The van der Waals surface area contributed by atoms with Gasteiger partial charge in [0.15, 0.2) is 6.10 Å². The first-order valence-corrected chi connectivity index (χ1v) is 7.36. The van der Waals surface area contributed by atoms with Crippen LogP contribution < -0.4 is 10.5 Å². The predicted octanol–water partition coefficient (Wildman–Crippen LogP) is 0.0428. The van der Waals surface area contributed by atoms with E-state index in [9.17, 15) is 18.3 Å². The van der Waals surface area contributed by atoms with Gasteiger partial charge in [-0.1, -0.05) is 11.6 Å². The molecule has 0 saturated carbocycles. The molecule has 0 amide bonds. The largest absolute Gasteiger partial charge is 0.467 e. The van der Waals surface area contributed by atoms with Gasteiger partial charge in [0.25, 0.3) is 0 Å². The summed E-state index contributed by atoms with van der Waals surface area (Å²) in [4.78, 5) is 10.9. The Kier molecular flexibility index (Phi) is 5.35. The topological polar surface area (TPSA) is 119 Å². The summed E-state index contributed by atoms with van der Waals surface area (Å²) in [7, 11) is -2.87. The summed E-state index contributed by atoms with van der Waals surface area (Å²) < 4.78 is 30.5. The van der Waals surface area contributed by atoms with Crippen LogP contribution in [0.3, 0.4) is 0 Å². The van der Waals surface area contributed by atoms with Gasteiger partial charge in [0.05, 0.1) is 12.0 Å². The number of hydrogen-bond acceptors (Lipinski definition) is 6. The zero-order valence-electron chi connectivity index (χ0n) is 10.9. The van der Waals surface area contributed by atoms with E-state index in [0.717, 1.165) is 7.11 Å². The molecule has 1 unspecified atom stereocenters. The van der Waals surface area contributed by atoms with Crippen LogP contribution in [0.5, 0.6) is 0 Å². The van der Waals surface area contributed by atoms with Gasteiger partial charge in [-0.25, -0.2) is 17.9 Å². The number of ether oxygens (including phenoxy) is 1. The van der Waals surface area contributed by atoms with Crippen LogP contribution in [-0.2, 0) is 19.6 Å². The Hall–Kier alpha value is -1.35. The van der Waals surface area contributed by atoms with Gasteiger partial charge in [-0.2, -0.15) is 0 Å². The number of anilines is 1. The molecule has 112 valence electrons. The molecule has 0 saturated heterocycles. The molecule has 7 nitrogen and oxygen atoms in total. The molecular weight excluding hydrogens is 308 g/mol. The fourth-order valence-corrected chi connectivity index (χ4v) is 3.07. The van der Waals surface area contributed by atoms with Gasteiger partial charge in [-0.15, -0.1) is 0 Å². The molecule has 0 bridgehead atoms. The van der Waals surface area contributed by atoms with Gasteiger partial charge in [0, 0.05) is 17.3 Å². The fourth-order valence-electron chi connectivity index (χ4n) is 1.44. The third kappa shape index (κ3) is 3.83. The van der Waals surface area contributed by atoms with Crippen LogP contribution in [0.15, 0.2) is 17.0 Å². The van der Waals surface area contributed by atoms with Crippen LogP contribution in [-0.4, -0.2) is 39.3 Å². The molecule has 0 aromatic heterocycles. The smallest absolute Gasteiger partial charge is 0.336 e. The van der Waals surface area contributed by atoms with Crippen LogP contribution >= 0.6 is 11.6 Å². The van der Waals surface area contributed by atoms with E-state index in [1.165, 1.54) is 19.1 Å². The van der Waals surface area contributed by atoms with Gasteiger partial charge in [0.2, 0.25) is 10.0 Å². The number of halogens is 1. The van der Waals surface area contributed by atoms with Crippen molar-refractivity contribution in [2.24, 2.45) is 0 Å². The summed E-state index contributed by atoms with van der Waals surface area (Å²) in [5.74, 6) is -0.935. The molecule has 4 N–H and O–H groups in total. The third-order valence-electron chi connectivity index (χ3n) is 2.59. The van der Waals surface area contributed by atoms with E-state index in [-0.39, 0.29) is 15.6 Å². The Morgan fingerprint density at radius 2 is 2.15 bits per heavy atom. The Bertz CT molecular complexity index is 617. The number of nitrogens with two attached hydrogens (primary N) is 1. The number of rotatable bonds is 5. The number of nitrogens with one attached hydrogen (secondary N) is 1. The highest BCUT2D eigenvalue weighted by Gasteiger charge is 2.23. The quantitative estimate of drug-likeness (QED) is 0.520. The molecule has 1 atom stereocenters. The molecule has 0 heterocycles. The van der Waals surface area contributed by atoms with Gasteiger partial charge >= 0.3 is 5.97 Å². The Labute approximate surface area is 121 Å². The van der Waals surface area contributed by atoms with Gasteiger partial charge in [-0.3, -0.25) is 0 Å². The van der Waals surface area contributed by atoms with Crippen molar-refractivity contribution in [2.45, 2.75) is 17.9 Å². The molecule has 0 radical (unpaired) electrons.